The maximum absolute atomic E-state index is 12.1. The normalized spacial score (nSPS) is 12.0. The minimum atomic E-state index is -0.371. The third-order valence-corrected chi connectivity index (χ3v) is 4.33. The van der Waals surface area contributed by atoms with Crippen LogP contribution >= 0.6 is 0 Å². The van der Waals surface area contributed by atoms with Crippen LogP contribution in [-0.4, -0.2) is 27.2 Å². The number of carbonyl (C=O) groups is 1. The highest BCUT2D eigenvalue weighted by Gasteiger charge is 2.22. The lowest BCUT2D eigenvalue weighted by Crippen LogP contribution is -2.23. The van der Waals surface area contributed by atoms with Crippen molar-refractivity contribution in [2.45, 2.75) is 32.4 Å². The quantitative estimate of drug-likeness (QED) is 0.648. The Bertz CT molecular complexity index is 932. The first-order valence-corrected chi connectivity index (χ1v) is 8.26. The fraction of sp³-hybridized carbons (Fsp3) is 0.316. The van der Waals surface area contributed by atoms with Crippen LogP contribution in [0.4, 0.5) is 0 Å². The minimum absolute atomic E-state index is 0.259. The Hall–Kier alpha value is -3.07. The molecule has 0 saturated carbocycles. The summed E-state index contributed by atoms with van der Waals surface area (Å²) in [5, 5.41) is 10.2. The van der Waals surface area contributed by atoms with E-state index in [4.69, 9.17) is 10.00 Å². The molecule has 2 heterocycles. The Morgan fingerprint density at radius 3 is 2.92 bits per heavy atom. The number of benzene rings is 1. The second-order valence-corrected chi connectivity index (χ2v) is 5.91. The van der Waals surface area contributed by atoms with Gasteiger partial charge in [0.25, 0.3) is 0 Å². The molecule has 3 rings (SSSR count). The van der Waals surface area contributed by atoms with E-state index in [2.05, 4.69) is 11.1 Å². The molecule has 128 valence electrons. The topological polar surface area (TPSA) is 72.8 Å². The van der Waals surface area contributed by atoms with Crippen molar-refractivity contribution in [1.29, 1.82) is 5.26 Å². The standard InChI is InChI=1S/C19H20N4O2/c1-3-4-16(19(24)25-2)23-10-8-21-18(23)13-22-9-7-15-6-5-14(12-20)11-17(15)22/h5-11,16H,3-4,13H2,1-2H3. The van der Waals surface area contributed by atoms with E-state index in [-0.39, 0.29) is 12.0 Å². The van der Waals surface area contributed by atoms with Gasteiger partial charge in [0.05, 0.1) is 25.3 Å². The molecule has 0 aliphatic rings. The van der Waals surface area contributed by atoms with Crippen molar-refractivity contribution >= 4 is 16.9 Å². The molecule has 1 aromatic carbocycles. The molecule has 0 fully saturated rings. The third kappa shape index (κ3) is 3.26. The van der Waals surface area contributed by atoms with Crippen LogP contribution in [0.5, 0.6) is 0 Å². The SMILES string of the molecule is CCCC(C(=O)OC)n1ccnc1Cn1ccc2ccc(C#N)cc21. The number of esters is 1. The number of imidazole rings is 1. The van der Waals surface area contributed by atoms with E-state index in [9.17, 15) is 4.79 Å². The fourth-order valence-corrected chi connectivity index (χ4v) is 3.07. The van der Waals surface area contributed by atoms with E-state index in [0.717, 1.165) is 23.1 Å². The molecule has 2 aromatic heterocycles. The average Bonchev–Trinajstić information content (AvgIpc) is 3.26. The highest BCUT2D eigenvalue weighted by molar-refractivity contribution is 5.81. The molecule has 0 bridgehead atoms. The predicted octanol–water partition coefficient (Wildman–Crippen LogP) is 3.27. The van der Waals surface area contributed by atoms with Gasteiger partial charge in [-0.3, -0.25) is 0 Å². The number of nitrogens with zero attached hydrogens (tertiary/aromatic N) is 4. The maximum Gasteiger partial charge on any atom is 0.328 e. The zero-order chi connectivity index (χ0) is 17.8. The summed E-state index contributed by atoms with van der Waals surface area (Å²) in [6.07, 6.45) is 7.06. The molecule has 6 heteroatoms. The van der Waals surface area contributed by atoms with Crippen molar-refractivity contribution in [3.8, 4) is 6.07 Å². The number of methoxy groups -OCH3 is 1. The molecule has 0 aliphatic heterocycles. The molecule has 0 N–H and O–H groups in total. The summed E-state index contributed by atoms with van der Waals surface area (Å²) in [5.74, 6) is 0.522. The fourth-order valence-electron chi connectivity index (χ4n) is 3.07. The lowest BCUT2D eigenvalue weighted by atomic mass is 10.1. The Kier molecular flexibility index (Phi) is 4.85. The van der Waals surface area contributed by atoms with E-state index >= 15 is 0 Å². The third-order valence-electron chi connectivity index (χ3n) is 4.33. The molecule has 1 unspecified atom stereocenters. The summed E-state index contributed by atoms with van der Waals surface area (Å²) < 4.78 is 8.87. The van der Waals surface area contributed by atoms with Crippen LogP contribution in [0, 0.1) is 11.3 Å². The number of nitriles is 1. The van der Waals surface area contributed by atoms with Crippen molar-refractivity contribution in [3.63, 3.8) is 0 Å². The molecular formula is C19H20N4O2. The summed E-state index contributed by atoms with van der Waals surface area (Å²) >= 11 is 0. The average molecular weight is 336 g/mol. The Morgan fingerprint density at radius 1 is 1.36 bits per heavy atom. The zero-order valence-electron chi connectivity index (χ0n) is 14.3. The predicted molar refractivity (Wildman–Crippen MR) is 93.9 cm³/mol. The maximum atomic E-state index is 12.1. The van der Waals surface area contributed by atoms with Crippen LogP contribution < -0.4 is 0 Å². The summed E-state index contributed by atoms with van der Waals surface area (Å²) in [6.45, 7) is 2.55. The smallest absolute Gasteiger partial charge is 0.328 e. The monoisotopic (exact) mass is 336 g/mol. The summed E-state index contributed by atoms with van der Waals surface area (Å²) in [5.41, 5.74) is 1.59. The number of hydrogen-bond acceptors (Lipinski definition) is 4. The van der Waals surface area contributed by atoms with Gasteiger partial charge in [-0.2, -0.15) is 5.26 Å². The van der Waals surface area contributed by atoms with Crippen molar-refractivity contribution in [3.05, 3.63) is 54.2 Å². The van der Waals surface area contributed by atoms with E-state index in [1.165, 1.54) is 7.11 Å². The molecule has 3 aromatic rings. The first-order valence-electron chi connectivity index (χ1n) is 8.26. The number of ether oxygens (including phenoxy) is 1. The van der Waals surface area contributed by atoms with E-state index in [1.54, 1.807) is 6.20 Å². The van der Waals surface area contributed by atoms with Crippen LogP contribution in [0.3, 0.4) is 0 Å². The largest absolute Gasteiger partial charge is 0.467 e. The molecule has 0 saturated heterocycles. The van der Waals surface area contributed by atoms with Crippen LogP contribution in [0.1, 0.15) is 37.2 Å². The highest BCUT2D eigenvalue weighted by Crippen LogP contribution is 2.21. The first kappa shape index (κ1) is 16.8. The lowest BCUT2D eigenvalue weighted by molar-refractivity contribution is -0.144. The van der Waals surface area contributed by atoms with Gasteiger partial charge in [-0.05, 0) is 30.0 Å². The molecule has 1 atom stereocenters. The number of fused-ring (bicyclic) bond motifs is 1. The van der Waals surface area contributed by atoms with E-state index < -0.39 is 0 Å². The van der Waals surface area contributed by atoms with Crippen molar-refractivity contribution in [2.75, 3.05) is 7.11 Å². The van der Waals surface area contributed by atoms with Crippen LogP contribution in [-0.2, 0) is 16.1 Å². The van der Waals surface area contributed by atoms with Gasteiger partial charge in [-0.25, -0.2) is 9.78 Å². The molecule has 6 nitrogen and oxygen atoms in total. The zero-order valence-corrected chi connectivity index (χ0v) is 14.3. The molecule has 0 aliphatic carbocycles. The summed E-state index contributed by atoms with van der Waals surface area (Å²) in [6, 6.07) is 9.42. The first-order chi connectivity index (χ1) is 12.2. The highest BCUT2D eigenvalue weighted by atomic mass is 16.5. The summed E-state index contributed by atoms with van der Waals surface area (Å²) in [4.78, 5) is 16.6. The van der Waals surface area contributed by atoms with Crippen LogP contribution in [0.2, 0.25) is 0 Å². The number of rotatable bonds is 6. The van der Waals surface area contributed by atoms with Crippen molar-refractivity contribution < 1.29 is 9.53 Å². The van der Waals surface area contributed by atoms with Gasteiger partial charge in [-0.1, -0.05) is 19.4 Å². The Balaban J connectivity index is 1.96. The lowest BCUT2D eigenvalue weighted by Gasteiger charge is -2.18. The minimum Gasteiger partial charge on any atom is -0.467 e. The number of aromatic nitrogens is 3. The molecule has 0 radical (unpaired) electrons. The number of hydrogen-bond donors (Lipinski definition) is 0. The summed E-state index contributed by atoms with van der Waals surface area (Å²) in [7, 11) is 1.41. The second kappa shape index (κ2) is 7.22. The molecule has 25 heavy (non-hydrogen) atoms. The Morgan fingerprint density at radius 2 is 2.20 bits per heavy atom. The second-order valence-electron chi connectivity index (χ2n) is 5.91. The Labute approximate surface area is 146 Å². The van der Waals surface area contributed by atoms with Crippen molar-refractivity contribution in [2.24, 2.45) is 0 Å². The molecule has 0 amide bonds. The van der Waals surface area contributed by atoms with Gasteiger partial charge in [0.15, 0.2) is 0 Å². The van der Waals surface area contributed by atoms with Crippen LogP contribution in [0.15, 0.2) is 42.9 Å². The van der Waals surface area contributed by atoms with Gasteiger partial charge in [0.2, 0.25) is 0 Å². The van der Waals surface area contributed by atoms with Gasteiger partial charge >= 0.3 is 5.97 Å². The van der Waals surface area contributed by atoms with Gasteiger partial charge < -0.3 is 13.9 Å². The van der Waals surface area contributed by atoms with Crippen molar-refractivity contribution in [1.82, 2.24) is 14.1 Å². The van der Waals surface area contributed by atoms with Gasteiger partial charge in [0, 0.05) is 24.1 Å². The van der Waals surface area contributed by atoms with E-state index in [1.807, 2.05) is 52.7 Å². The van der Waals surface area contributed by atoms with Gasteiger partial charge in [0.1, 0.15) is 11.9 Å². The molecular weight excluding hydrogens is 316 g/mol. The van der Waals surface area contributed by atoms with Gasteiger partial charge in [-0.15, -0.1) is 0 Å². The molecule has 0 spiro atoms. The number of carbonyl (C=O) groups excluding carboxylic acids is 1. The van der Waals surface area contributed by atoms with E-state index in [0.29, 0.717) is 18.5 Å². The van der Waals surface area contributed by atoms with Crippen LogP contribution in [0.25, 0.3) is 10.9 Å².